The fourth-order valence-electron chi connectivity index (χ4n) is 2.62. The van der Waals surface area contributed by atoms with Crippen molar-refractivity contribution >= 4 is 44.5 Å². The molecule has 150 valence electrons. The predicted octanol–water partition coefficient (Wildman–Crippen LogP) is -0.484. The molecule has 2 aromatic rings. The molecule has 0 aliphatic carbocycles. The van der Waals surface area contributed by atoms with Crippen LogP contribution in [0.5, 0.6) is 0 Å². The summed E-state index contributed by atoms with van der Waals surface area (Å²) in [4.78, 5) is 41.2. The molecule has 1 aromatic heterocycles. The number of rotatable bonds is 6. The fourth-order valence-corrected chi connectivity index (χ4v) is 3.85. The molecule has 13 heteroatoms. The highest BCUT2D eigenvalue weighted by Crippen LogP contribution is 2.29. The van der Waals surface area contributed by atoms with E-state index in [4.69, 9.17) is 4.84 Å². The van der Waals surface area contributed by atoms with Gasteiger partial charge in [0.05, 0.1) is 5.69 Å². The van der Waals surface area contributed by atoms with Gasteiger partial charge in [0.15, 0.2) is 11.0 Å². The molecular formula is C15H17N5O7S. The number of sulfonamides is 1. The van der Waals surface area contributed by atoms with E-state index in [1.165, 1.54) is 12.1 Å². The molecule has 1 fully saturated rings. The second kappa shape index (κ2) is 7.16. The van der Waals surface area contributed by atoms with Crippen molar-refractivity contribution in [2.24, 2.45) is 0 Å². The van der Waals surface area contributed by atoms with Crippen LogP contribution in [0.2, 0.25) is 0 Å². The van der Waals surface area contributed by atoms with E-state index in [1.807, 2.05) is 0 Å². The molecule has 1 aliphatic rings. The van der Waals surface area contributed by atoms with Crippen LogP contribution in [-0.4, -0.2) is 73.6 Å². The fraction of sp³-hybridized carbons (Fsp3) is 0.400. The smallest absolute Gasteiger partial charge is 0.348 e. The van der Waals surface area contributed by atoms with Crippen LogP contribution in [0.15, 0.2) is 21.7 Å². The molecule has 0 saturated carbocycles. The molecular weight excluding hydrogens is 394 g/mol. The number of hydrogen-bond acceptors (Lipinski definition) is 10. The van der Waals surface area contributed by atoms with Crippen LogP contribution >= 0.6 is 0 Å². The van der Waals surface area contributed by atoms with Crippen LogP contribution in [0.25, 0.3) is 11.0 Å². The van der Waals surface area contributed by atoms with E-state index in [1.54, 1.807) is 19.0 Å². The van der Waals surface area contributed by atoms with Gasteiger partial charge in [-0.1, -0.05) is 0 Å². The largest absolute Gasteiger partial charge is 0.376 e. The number of hydrogen-bond donors (Lipinski definition) is 0. The molecule has 1 aromatic carbocycles. The second-order valence-electron chi connectivity index (χ2n) is 6.24. The van der Waals surface area contributed by atoms with Gasteiger partial charge in [-0.2, -0.15) is 4.31 Å². The highest BCUT2D eigenvalue weighted by atomic mass is 32.2. The Morgan fingerprint density at radius 1 is 1.14 bits per heavy atom. The van der Waals surface area contributed by atoms with Gasteiger partial charge in [0.1, 0.15) is 11.4 Å². The predicted molar refractivity (Wildman–Crippen MR) is 93.1 cm³/mol. The Balaban J connectivity index is 1.83. The molecule has 0 unspecified atom stereocenters. The minimum Gasteiger partial charge on any atom is -0.376 e. The first-order valence-electron chi connectivity index (χ1n) is 8.08. The number of fused-ring (bicyclic) bond motifs is 1. The first-order valence-corrected chi connectivity index (χ1v) is 9.52. The van der Waals surface area contributed by atoms with Gasteiger partial charge in [-0.05, 0) is 22.4 Å². The summed E-state index contributed by atoms with van der Waals surface area (Å²) in [7, 11) is 0.487. The van der Waals surface area contributed by atoms with E-state index in [0.717, 1.165) is 11.4 Å². The van der Waals surface area contributed by atoms with E-state index in [0.29, 0.717) is 10.8 Å². The number of benzene rings is 1. The van der Waals surface area contributed by atoms with Crippen molar-refractivity contribution in [2.75, 3.05) is 32.6 Å². The third-order valence-electron chi connectivity index (χ3n) is 4.08. The average Bonchev–Trinajstić information content (AvgIpc) is 3.22. The first kappa shape index (κ1) is 19.7. The van der Waals surface area contributed by atoms with E-state index in [2.05, 4.69) is 14.9 Å². The van der Waals surface area contributed by atoms with Gasteiger partial charge in [-0.3, -0.25) is 9.59 Å². The summed E-state index contributed by atoms with van der Waals surface area (Å²) in [6.45, 7) is -0.721. The summed E-state index contributed by atoms with van der Waals surface area (Å²) in [6, 6.07) is 2.86. The lowest BCUT2D eigenvalue weighted by Crippen LogP contribution is -2.38. The molecule has 0 spiro atoms. The normalized spacial score (nSPS) is 14.9. The maximum absolute atomic E-state index is 12.9. The van der Waals surface area contributed by atoms with Crippen LogP contribution in [0.1, 0.15) is 12.8 Å². The van der Waals surface area contributed by atoms with Crippen LogP contribution < -0.4 is 4.90 Å². The summed E-state index contributed by atoms with van der Waals surface area (Å²) in [5.41, 5.74) is 0.856. The van der Waals surface area contributed by atoms with Crippen LogP contribution in [-0.2, 0) is 29.2 Å². The van der Waals surface area contributed by atoms with E-state index < -0.39 is 34.4 Å². The molecule has 0 N–H and O–H groups in total. The lowest BCUT2D eigenvalue weighted by Gasteiger charge is -2.19. The SMILES string of the molecule is CN(C)c1ccc(S(=O)(=O)N(C)CC(=O)ON2C(=O)CCC2=O)c2nonc12. The van der Waals surface area contributed by atoms with Gasteiger partial charge in [0.2, 0.25) is 10.0 Å². The standard InChI is InChI=1S/C15H17N5O7S/c1-18(2)9-4-5-10(15-14(9)16-27-17-15)28(24,25)19(3)8-13(23)26-20-11(21)6-7-12(20)22/h4-5H,6-8H2,1-3H3. The molecule has 28 heavy (non-hydrogen) atoms. The zero-order valence-electron chi connectivity index (χ0n) is 15.3. The summed E-state index contributed by atoms with van der Waals surface area (Å²) in [6.07, 6.45) is -0.120. The number of carbonyl (C=O) groups excluding carboxylic acids is 3. The van der Waals surface area contributed by atoms with E-state index in [-0.39, 0.29) is 28.8 Å². The van der Waals surface area contributed by atoms with Crippen molar-refractivity contribution in [1.82, 2.24) is 19.7 Å². The number of hydroxylamine groups is 2. The molecule has 1 saturated heterocycles. The van der Waals surface area contributed by atoms with Gasteiger partial charge in [-0.25, -0.2) is 17.8 Å². The van der Waals surface area contributed by atoms with Crippen molar-refractivity contribution < 1.29 is 32.3 Å². The number of amides is 2. The molecule has 0 radical (unpaired) electrons. The van der Waals surface area contributed by atoms with E-state index in [9.17, 15) is 22.8 Å². The van der Waals surface area contributed by atoms with E-state index >= 15 is 0 Å². The number of nitrogens with zero attached hydrogens (tertiary/aromatic N) is 5. The van der Waals surface area contributed by atoms with Gasteiger partial charge in [-0.15, -0.1) is 5.06 Å². The van der Waals surface area contributed by atoms with Gasteiger partial charge in [0, 0.05) is 34.0 Å². The molecule has 0 atom stereocenters. The highest BCUT2D eigenvalue weighted by molar-refractivity contribution is 7.89. The molecule has 1 aliphatic heterocycles. The summed E-state index contributed by atoms with van der Waals surface area (Å²) in [5, 5.41) is 7.75. The summed E-state index contributed by atoms with van der Waals surface area (Å²) >= 11 is 0. The summed E-state index contributed by atoms with van der Waals surface area (Å²) in [5.74, 6) is -2.38. The Bertz CT molecular complexity index is 1050. The van der Waals surface area contributed by atoms with Crippen molar-refractivity contribution in [3.05, 3.63) is 12.1 Å². The maximum Gasteiger partial charge on any atom is 0.348 e. The van der Waals surface area contributed by atoms with Crippen LogP contribution in [0.3, 0.4) is 0 Å². The molecule has 2 amide bonds. The third kappa shape index (κ3) is 3.41. The second-order valence-corrected chi connectivity index (χ2v) is 8.26. The highest BCUT2D eigenvalue weighted by Gasteiger charge is 2.34. The Hall–Kier alpha value is -3.06. The molecule has 0 bridgehead atoms. The van der Waals surface area contributed by atoms with Crippen molar-refractivity contribution in [2.45, 2.75) is 17.7 Å². The van der Waals surface area contributed by atoms with Gasteiger partial charge in [0.25, 0.3) is 11.8 Å². The number of aromatic nitrogens is 2. The monoisotopic (exact) mass is 411 g/mol. The Morgan fingerprint density at radius 2 is 1.75 bits per heavy atom. The lowest BCUT2D eigenvalue weighted by molar-refractivity contribution is -0.197. The minimum atomic E-state index is -4.17. The van der Waals surface area contributed by atoms with Gasteiger partial charge >= 0.3 is 5.97 Å². The Labute approximate surface area is 159 Å². The van der Waals surface area contributed by atoms with Crippen molar-refractivity contribution in [1.29, 1.82) is 0 Å². The average molecular weight is 411 g/mol. The zero-order valence-corrected chi connectivity index (χ0v) is 16.1. The summed E-state index contributed by atoms with van der Waals surface area (Å²) < 4.78 is 31.2. The molecule has 2 heterocycles. The maximum atomic E-state index is 12.9. The minimum absolute atomic E-state index is 0.0105. The first-order chi connectivity index (χ1) is 13.1. The van der Waals surface area contributed by atoms with Crippen molar-refractivity contribution in [3.63, 3.8) is 0 Å². The third-order valence-corrected chi connectivity index (χ3v) is 5.91. The molecule has 3 rings (SSSR count). The number of anilines is 1. The van der Waals surface area contributed by atoms with Crippen LogP contribution in [0.4, 0.5) is 5.69 Å². The number of carbonyl (C=O) groups is 3. The Kier molecular flexibility index (Phi) is 5.04. The quantitative estimate of drug-likeness (QED) is 0.571. The van der Waals surface area contributed by atoms with Crippen molar-refractivity contribution in [3.8, 4) is 0 Å². The lowest BCUT2D eigenvalue weighted by atomic mass is 10.2. The number of likely N-dealkylation sites (N-methyl/N-ethyl adjacent to an activating group) is 1. The zero-order chi connectivity index (χ0) is 20.6. The number of imide groups is 1. The van der Waals surface area contributed by atoms with Crippen LogP contribution in [0, 0.1) is 0 Å². The molecule has 12 nitrogen and oxygen atoms in total. The van der Waals surface area contributed by atoms with Gasteiger partial charge < -0.3 is 9.74 Å². The topological polar surface area (TPSA) is 143 Å². The Morgan fingerprint density at radius 3 is 2.36 bits per heavy atom.